The van der Waals surface area contributed by atoms with Crippen molar-refractivity contribution in [2.24, 2.45) is 11.3 Å². The maximum Gasteiger partial charge on any atom is 0.243 e. The number of fused-ring (bicyclic) bond motifs is 1. The number of aromatic amines is 1. The van der Waals surface area contributed by atoms with E-state index in [0.717, 1.165) is 109 Å². The number of carbonyl (C=O) groups is 3. The van der Waals surface area contributed by atoms with Crippen LogP contribution in [0, 0.1) is 36.8 Å². The molecule has 0 radical (unpaired) electrons. The van der Waals surface area contributed by atoms with Gasteiger partial charge >= 0.3 is 0 Å². The summed E-state index contributed by atoms with van der Waals surface area (Å²) in [5, 5.41) is 19.7. The topological polar surface area (TPSA) is 205 Å². The Labute approximate surface area is 491 Å². The van der Waals surface area contributed by atoms with Crippen LogP contribution in [0.3, 0.4) is 0 Å². The molecule has 4 aliphatic heterocycles. The number of hydrogen-bond donors (Lipinski definition) is 4. The van der Waals surface area contributed by atoms with E-state index in [1.165, 1.54) is 11.1 Å². The van der Waals surface area contributed by atoms with Crippen LogP contribution >= 0.6 is 11.3 Å². The second-order valence-corrected chi connectivity index (χ2v) is 25.3. The number of aliphatic hydroxyl groups excluding tert-OH is 1. The van der Waals surface area contributed by atoms with Crippen LogP contribution in [-0.4, -0.2) is 161 Å². The fourth-order valence-electron chi connectivity index (χ4n) is 12.7. The number of likely N-dealkylation sites (tertiary alicyclic amines) is 1. The lowest BCUT2D eigenvalue weighted by Gasteiger charge is -2.43. The number of hydrogen-bond acceptors (Lipinski definition) is 15. The van der Waals surface area contributed by atoms with Crippen molar-refractivity contribution in [1.82, 2.24) is 45.1 Å². The van der Waals surface area contributed by atoms with Gasteiger partial charge < -0.3 is 39.5 Å². The van der Waals surface area contributed by atoms with Crippen molar-refractivity contribution < 1.29 is 45.6 Å². The largest absolute Gasteiger partial charge is 0.391 e. The molecule has 4 aliphatic rings. The van der Waals surface area contributed by atoms with E-state index in [1.54, 1.807) is 29.7 Å². The average molecular weight is 1190 g/mol. The monoisotopic (exact) mass is 1190 g/mol. The number of hydrazine groups is 1. The number of nitrogens with zero attached hydrogens (tertiary/aromatic N) is 9. The molecule has 0 aliphatic carbocycles. The molecular formula is C61H70F3N11O7S2. The molecule has 5 atom stereocenters. The lowest BCUT2D eigenvalue weighted by atomic mass is 9.75. The van der Waals surface area contributed by atoms with E-state index < -0.39 is 69.2 Å². The molecule has 0 spiro atoms. The molecule has 2 amide bonds. The summed E-state index contributed by atoms with van der Waals surface area (Å²) < 4.78 is 76.5. The number of H-pyrrole nitrogens is 1. The third-order valence-corrected chi connectivity index (χ3v) is 19.0. The van der Waals surface area contributed by atoms with E-state index in [2.05, 4.69) is 66.1 Å². The molecule has 3 N–H and O–H groups in total. The number of thiol groups is 1. The highest BCUT2D eigenvalue weighted by Gasteiger charge is 2.48. The number of thiazole rings is 1. The number of halogens is 3. The molecule has 4 saturated heterocycles. The first kappa shape index (κ1) is 58.7. The number of amides is 2. The fourth-order valence-corrected chi connectivity index (χ4v) is 14.2. The Balaban J connectivity index is 0.677. The van der Waals surface area contributed by atoms with E-state index in [4.69, 9.17) is 4.52 Å². The van der Waals surface area contributed by atoms with Crippen molar-refractivity contribution in [3.8, 4) is 21.6 Å². The first-order valence-corrected chi connectivity index (χ1v) is 30.7. The smallest absolute Gasteiger partial charge is 0.243 e. The number of rotatable bonds is 18. The van der Waals surface area contributed by atoms with E-state index in [0.29, 0.717) is 44.9 Å². The van der Waals surface area contributed by atoms with Gasteiger partial charge in [0.1, 0.15) is 41.0 Å². The molecule has 8 heterocycles. The summed E-state index contributed by atoms with van der Waals surface area (Å²) in [7, 11) is -3.49. The van der Waals surface area contributed by atoms with Crippen LogP contribution in [0.4, 0.5) is 24.5 Å². The number of β-amino-alcohol motifs (C(OH)–C–C–N with tert-alkyl or cyclic N) is 1. The predicted molar refractivity (Wildman–Crippen MR) is 316 cm³/mol. The lowest BCUT2D eigenvalue weighted by molar-refractivity contribution is -0.143. The van der Waals surface area contributed by atoms with Crippen molar-refractivity contribution in [2.75, 3.05) is 81.3 Å². The number of nitrogens with one attached hydrogen (secondary N) is 2. The molecule has 0 bridgehead atoms. The minimum atomic E-state index is -3.49. The van der Waals surface area contributed by atoms with Gasteiger partial charge in [0.2, 0.25) is 28.5 Å². The van der Waals surface area contributed by atoms with E-state index >= 15 is 8.78 Å². The summed E-state index contributed by atoms with van der Waals surface area (Å²) >= 11 is 1.58. The minimum Gasteiger partial charge on any atom is -0.391 e. The van der Waals surface area contributed by atoms with Crippen LogP contribution < -0.4 is 14.6 Å². The van der Waals surface area contributed by atoms with Crippen LogP contribution in [-0.2, 0) is 20.5 Å². The number of aryl methyl sites for hydroxylation is 2. The third kappa shape index (κ3) is 12.3. The van der Waals surface area contributed by atoms with Gasteiger partial charge in [-0.15, -0.1) is 11.3 Å². The normalized spacial score (nSPS) is 20.3. The SMILES string of the molecule is Cc1cc(C(C(=O)N2C[C@H](O)C[C@H]2C(=O)N[C@@H](C)c2ccc(-c3scnc3C)cc2)C(C)(C)CN2CCN(CC3CCN(c4ccc(-c5cnc6[nH]cc(C(=O)c7c(F)ccc(N(N8CC[C@@H](F)C8)[SH](=O)=O)c7F)c6c5)cc4)CC3)CC2)on1. The number of carbonyl (C=O) groups excluding carboxylic acids is 3. The Morgan fingerprint density at radius 3 is 2.26 bits per heavy atom. The Bertz CT molecular complexity index is 3610. The molecule has 3 aromatic carbocycles. The van der Waals surface area contributed by atoms with Gasteiger partial charge in [0.25, 0.3) is 0 Å². The average Bonchev–Trinajstić information content (AvgIpc) is 2.82. The van der Waals surface area contributed by atoms with Gasteiger partial charge in [0.05, 0.1) is 46.0 Å². The van der Waals surface area contributed by atoms with Crippen LogP contribution in [0.5, 0.6) is 0 Å². The third-order valence-electron chi connectivity index (χ3n) is 17.2. The molecule has 23 heteroatoms. The van der Waals surface area contributed by atoms with Gasteiger partial charge in [-0.1, -0.05) is 55.4 Å². The number of pyridine rings is 1. The highest BCUT2D eigenvalue weighted by atomic mass is 32.2. The second-order valence-electron chi connectivity index (χ2n) is 23.6. The van der Waals surface area contributed by atoms with Gasteiger partial charge in [-0.3, -0.25) is 14.4 Å². The summed E-state index contributed by atoms with van der Waals surface area (Å²) in [5.41, 5.74) is 6.11. The van der Waals surface area contributed by atoms with Gasteiger partial charge in [0, 0.05) is 113 Å². The first-order valence-electron chi connectivity index (χ1n) is 28.7. The lowest BCUT2D eigenvalue weighted by Crippen LogP contribution is -2.54. The molecule has 4 aromatic heterocycles. The van der Waals surface area contributed by atoms with Crippen LogP contribution in [0.2, 0.25) is 0 Å². The number of benzene rings is 3. The molecular weight excluding hydrogens is 1120 g/mol. The minimum absolute atomic E-state index is 0.00166. The number of ketones is 1. The molecule has 18 nitrogen and oxygen atoms in total. The number of piperidine rings is 1. The number of aliphatic hydroxyl groups is 1. The molecule has 4 fully saturated rings. The van der Waals surface area contributed by atoms with Crippen molar-refractivity contribution in [2.45, 2.75) is 90.6 Å². The Kier molecular flexibility index (Phi) is 17.1. The van der Waals surface area contributed by atoms with Gasteiger partial charge in [0.15, 0.2) is 5.82 Å². The summed E-state index contributed by atoms with van der Waals surface area (Å²) in [6, 6.07) is 20.2. The zero-order chi connectivity index (χ0) is 59.1. The summed E-state index contributed by atoms with van der Waals surface area (Å²) in [6.07, 6.45) is 3.02. The molecule has 7 aromatic rings. The van der Waals surface area contributed by atoms with Crippen molar-refractivity contribution in [3.05, 3.63) is 136 Å². The number of anilines is 2. The van der Waals surface area contributed by atoms with Crippen molar-refractivity contribution in [1.29, 1.82) is 0 Å². The fraction of sp³-hybridized carbons (Fsp3) is 0.443. The van der Waals surface area contributed by atoms with Crippen molar-refractivity contribution >= 4 is 62.2 Å². The number of piperazine rings is 1. The van der Waals surface area contributed by atoms with Crippen LogP contribution in [0.1, 0.15) is 97.0 Å². The standard InChI is InChI=1S/C61H70F3N11O7S2/c1-36-26-52(82-69-36)54(60(79)74-33-46(76)28-51(74)59(78)68-37(2)40-6-8-42(9-7-40)57-38(3)67-35-83-57)61(4,5)34-71-24-22-70(23-25-71)31-39-16-19-72(20-17-39)45-12-10-41(11-13-45)43-27-47-48(30-66-58(47)65-29-43)56(77)53-49(63)14-15-50(55(53)64)75(84(80)81)73-21-18-44(62)32-73/h6-15,26-27,29-30,35,37,39,44,46,51,54,76,84H,16-25,28,31-34H2,1-5H3,(H,65,66)(H,68,78)/t37-,44+,46+,51-,54?/m0/s1. The first-order chi connectivity index (χ1) is 40.3. The molecule has 0 saturated carbocycles. The van der Waals surface area contributed by atoms with Crippen LogP contribution in [0.15, 0.2) is 95.2 Å². The van der Waals surface area contributed by atoms with E-state index in [1.807, 2.05) is 62.7 Å². The van der Waals surface area contributed by atoms with Crippen molar-refractivity contribution in [3.63, 3.8) is 0 Å². The molecule has 444 valence electrons. The van der Waals surface area contributed by atoms with Gasteiger partial charge in [-0.25, -0.2) is 36.6 Å². The number of aromatic nitrogens is 4. The number of alkyl halides is 1. The zero-order valence-corrected chi connectivity index (χ0v) is 49.4. The molecule has 84 heavy (non-hydrogen) atoms. The molecule has 1 unspecified atom stereocenters. The zero-order valence-electron chi connectivity index (χ0n) is 47.6. The Morgan fingerprint density at radius 2 is 1.61 bits per heavy atom. The Morgan fingerprint density at radius 1 is 0.893 bits per heavy atom. The van der Waals surface area contributed by atoms with E-state index in [9.17, 15) is 32.3 Å². The van der Waals surface area contributed by atoms with E-state index in [-0.39, 0.29) is 55.9 Å². The predicted octanol–water partition coefficient (Wildman–Crippen LogP) is 8.24. The quantitative estimate of drug-likeness (QED) is 0.0472. The highest BCUT2D eigenvalue weighted by molar-refractivity contribution is 7.73. The highest BCUT2D eigenvalue weighted by Crippen LogP contribution is 2.41. The van der Waals surface area contributed by atoms with Gasteiger partial charge in [-0.2, -0.15) is 4.41 Å². The summed E-state index contributed by atoms with van der Waals surface area (Å²) in [6.45, 7) is 16.4. The van der Waals surface area contributed by atoms with Crippen LogP contribution in [0.25, 0.3) is 32.6 Å². The molecule has 11 rings (SSSR count). The maximum absolute atomic E-state index is 16.1. The summed E-state index contributed by atoms with van der Waals surface area (Å²) in [5.74, 6) is -3.94. The Hall–Kier alpha value is -7.02. The van der Waals surface area contributed by atoms with Gasteiger partial charge in [-0.05, 0) is 98.4 Å². The summed E-state index contributed by atoms with van der Waals surface area (Å²) in [4.78, 5) is 64.7. The maximum atomic E-state index is 16.1. The second kappa shape index (κ2) is 24.5.